The van der Waals surface area contributed by atoms with E-state index >= 15 is 0 Å². The highest BCUT2D eigenvalue weighted by molar-refractivity contribution is 6.03. The van der Waals surface area contributed by atoms with E-state index in [0.717, 1.165) is 17.7 Å². The summed E-state index contributed by atoms with van der Waals surface area (Å²) >= 11 is 0. The van der Waals surface area contributed by atoms with Crippen LogP contribution in [0.15, 0.2) is 36.0 Å². The van der Waals surface area contributed by atoms with E-state index in [-0.39, 0.29) is 31.8 Å². The average molecular weight is 477 g/mol. The first-order valence-corrected chi connectivity index (χ1v) is 11.4. The van der Waals surface area contributed by atoms with Gasteiger partial charge in [0, 0.05) is 57.0 Å². The molecule has 1 aromatic carbocycles. The van der Waals surface area contributed by atoms with Gasteiger partial charge in [0.25, 0.3) is 0 Å². The highest BCUT2D eigenvalue weighted by Gasteiger charge is 2.10. The summed E-state index contributed by atoms with van der Waals surface area (Å²) in [6, 6.07) is 6.91. The van der Waals surface area contributed by atoms with E-state index in [0.29, 0.717) is 31.9 Å². The Morgan fingerprint density at radius 3 is 2.35 bits per heavy atom. The van der Waals surface area contributed by atoms with Crippen molar-refractivity contribution < 1.29 is 28.7 Å². The van der Waals surface area contributed by atoms with Crippen LogP contribution in [0.5, 0.6) is 0 Å². The first kappa shape index (κ1) is 28.6. The molecule has 0 aliphatic heterocycles. The van der Waals surface area contributed by atoms with Crippen molar-refractivity contribution in [3.05, 3.63) is 41.6 Å². The van der Waals surface area contributed by atoms with Crippen molar-refractivity contribution in [3.63, 3.8) is 0 Å². The first-order valence-electron chi connectivity index (χ1n) is 11.4. The molecule has 188 valence electrons. The summed E-state index contributed by atoms with van der Waals surface area (Å²) in [5.41, 5.74) is 2.16. The third kappa shape index (κ3) is 13.9. The summed E-state index contributed by atoms with van der Waals surface area (Å²) < 4.78 is 10.3. The first-order chi connectivity index (χ1) is 16.3. The van der Waals surface area contributed by atoms with Crippen molar-refractivity contribution in [3.8, 4) is 0 Å². The van der Waals surface area contributed by atoms with Crippen LogP contribution >= 0.6 is 0 Å². The molecule has 1 rings (SSSR count). The molecule has 3 amide bonds. The highest BCUT2D eigenvalue weighted by Crippen LogP contribution is 2.11. The van der Waals surface area contributed by atoms with Gasteiger partial charge in [-0.15, -0.1) is 0 Å². The van der Waals surface area contributed by atoms with Crippen LogP contribution in [0.3, 0.4) is 0 Å². The van der Waals surface area contributed by atoms with Crippen molar-refractivity contribution in [1.29, 1.82) is 0 Å². The number of allylic oxidation sites excluding steroid dienone is 2. The van der Waals surface area contributed by atoms with E-state index in [1.165, 1.54) is 0 Å². The van der Waals surface area contributed by atoms with E-state index in [4.69, 9.17) is 9.47 Å². The Morgan fingerprint density at radius 1 is 0.941 bits per heavy atom. The predicted octanol–water partition coefficient (Wildman–Crippen LogP) is 1.91. The van der Waals surface area contributed by atoms with Gasteiger partial charge in [-0.2, -0.15) is 0 Å². The van der Waals surface area contributed by atoms with Crippen LogP contribution in [-0.4, -0.2) is 63.6 Å². The average Bonchev–Trinajstić information content (AvgIpc) is 2.80. The second kappa shape index (κ2) is 17.1. The van der Waals surface area contributed by atoms with Gasteiger partial charge in [-0.05, 0) is 31.0 Å². The highest BCUT2D eigenvalue weighted by atomic mass is 16.5. The number of carbonyl (C=O) groups excluding carboxylic acids is 4. The Bertz CT molecular complexity index is 823. The van der Waals surface area contributed by atoms with Gasteiger partial charge in [0.15, 0.2) is 5.78 Å². The summed E-state index contributed by atoms with van der Waals surface area (Å²) in [7, 11) is 1.75. The maximum atomic E-state index is 12.0. The van der Waals surface area contributed by atoms with E-state index in [1.807, 2.05) is 13.8 Å². The Labute approximate surface area is 200 Å². The molecule has 0 saturated carbocycles. The minimum absolute atomic E-state index is 0.0209. The zero-order chi connectivity index (χ0) is 25.2. The Balaban J connectivity index is 2.17. The maximum Gasteiger partial charge on any atom is 0.407 e. The van der Waals surface area contributed by atoms with E-state index in [2.05, 4.69) is 21.3 Å². The molecule has 0 heterocycles. The van der Waals surface area contributed by atoms with E-state index < -0.39 is 17.9 Å². The monoisotopic (exact) mass is 476 g/mol. The number of benzene rings is 1. The summed E-state index contributed by atoms with van der Waals surface area (Å²) in [5.74, 6) is -0.869. The molecule has 0 aliphatic carbocycles. The minimum atomic E-state index is -0.439. The van der Waals surface area contributed by atoms with Crippen LogP contribution in [0.4, 0.5) is 10.5 Å². The van der Waals surface area contributed by atoms with Crippen LogP contribution in [0, 0.1) is 0 Å². The van der Waals surface area contributed by atoms with Crippen molar-refractivity contribution in [2.24, 2.45) is 0 Å². The number of anilines is 1. The van der Waals surface area contributed by atoms with Crippen LogP contribution in [0.2, 0.25) is 0 Å². The number of amides is 3. The van der Waals surface area contributed by atoms with Crippen LogP contribution in [-0.2, 0) is 30.3 Å². The number of ketones is 1. The number of rotatable bonds is 16. The molecule has 0 bridgehead atoms. The Morgan fingerprint density at radius 2 is 1.68 bits per heavy atom. The molecule has 10 heteroatoms. The number of ether oxygens (including phenoxy) is 2. The molecule has 10 nitrogen and oxygen atoms in total. The number of alkyl carbamates (subject to hydrolysis) is 1. The summed E-state index contributed by atoms with van der Waals surface area (Å²) in [6.07, 6.45) is 2.45. The second-order valence-corrected chi connectivity index (χ2v) is 7.52. The minimum Gasteiger partial charge on any atom is -0.449 e. The molecule has 0 radical (unpaired) electrons. The molecule has 4 N–H and O–H groups in total. The maximum absolute atomic E-state index is 12.0. The number of hydrogen-bond acceptors (Lipinski definition) is 7. The second-order valence-electron chi connectivity index (χ2n) is 7.52. The lowest BCUT2D eigenvalue weighted by atomic mass is 10.1. The summed E-state index contributed by atoms with van der Waals surface area (Å²) in [4.78, 5) is 47.1. The molecule has 0 spiro atoms. The SMILES string of the molecule is CCCNC(=O)OCCCOCCNC(=O)CC(=O)Nc1ccc(CC(=O)/C=C(/C)NC)cc1. The van der Waals surface area contributed by atoms with E-state index in [9.17, 15) is 19.2 Å². The third-order valence-electron chi connectivity index (χ3n) is 4.46. The fraction of sp³-hybridized carbons (Fsp3) is 0.500. The number of hydrogen-bond donors (Lipinski definition) is 4. The van der Waals surface area contributed by atoms with Crippen molar-refractivity contribution in [2.75, 3.05) is 45.3 Å². The van der Waals surface area contributed by atoms with Crippen molar-refractivity contribution in [2.45, 2.75) is 39.5 Å². The molecular formula is C24H36N4O6. The molecule has 34 heavy (non-hydrogen) atoms. The molecular weight excluding hydrogens is 440 g/mol. The van der Waals surface area contributed by atoms with Gasteiger partial charge in [-0.3, -0.25) is 14.4 Å². The molecule has 0 atom stereocenters. The van der Waals surface area contributed by atoms with E-state index in [1.54, 1.807) is 37.4 Å². The lowest BCUT2D eigenvalue weighted by Gasteiger charge is -2.08. The largest absolute Gasteiger partial charge is 0.449 e. The quantitative estimate of drug-likeness (QED) is 0.163. The fourth-order valence-corrected chi connectivity index (χ4v) is 2.65. The van der Waals surface area contributed by atoms with Gasteiger partial charge in [0.05, 0.1) is 13.2 Å². The molecule has 0 aromatic heterocycles. The Hall–Kier alpha value is -3.40. The van der Waals surface area contributed by atoms with Gasteiger partial charge in [0.1, 0.15) is 6.42 Å². The zero-order valence-electron chi connectivity index (χ0n) is 20.2. The third-order valence-corrected chi connectivity index (χ3v) is 4.46. The van der Waals surface area contributed by atoms with Gasteiger partial charge < -0.3 is 30.7 Å². The molecule has 1 aromatic rings. The van der Waals surface area contributed by atoms with Crippen molar-refractivity contribution in [1.82, 2.24) is 16.0 Å². The Kier molecular flexibility index (Phi) is 14.4. The van der Waals surface area contributed by atoms with Crippen LogP contribution in [0.1, 0.15) is 38.7 Å². The lowest BCUT2D eigenvalue weighted by molar-refractivity contribution is -0.127. The van der Waals surface area contributed by atoms with Gasteiger partial charge in [0.2, 0.25) is 11.8 Å². The molecule has 0 aliphatic rings. The van der Waals surface area contributed by atoms with Gasteiger partial charge >= 0.3 is 6.09 Å². The van der Waals surface area contributed by atoms with Crippen LogP contribution < -0.4 is 21.3 Å². The van der Waals surface area contributed by atoms with Crippen LogP contribution in [0.25, 0.3) is 0 Å². The van der Waals surface area contributed by atoms with Crippen molar-refractivity contribution >= 4 is 29.4 Å². The van der Waals surface area contributed by atoms with Gasteiger partial charge in [-0.1, -0.05) is 19.1 Å². The topological polar surface area (TPSA) is 135 Å². The zero-order valence-corrected chi connectivity index (χ0v) is 20.2. The standard InChI is InChI=1S/C24H36N4O6/c1-4-10-27-24(32)34-13-5-12-33-14-11-26-22(30)17-23(31)28-20-8-6-19(7-9-20)16-21(29)15-18(2)25-3/h6-9,15,25H,4-5,10-14,16-17H2,1-3H3,(H,26,30)(H,27,32)(H,28,31)/b18-15-. The predicted molar refractivity (Wildman–Crippen MR) is 129 cm³/mol. The molecule has 0 saturated heterocycles. The smallest absolute Gasteiger partial charge is 0.407 e. The lowest BCUT2D eigenvalue weighted by Crippen LogP contribution is -2.31. The summed E-state index contributed by atoms with van der Waals surface area (Å²) in [5, 5.41) is 10.8. The molecule has 0 unspecified atom stereocenters. The fourth-order valence-electron chi connectivity index (χ4n) is 2.65. The normalized spacial score (nSPS) is 10.9. The summed E-state index contributed by atoms with van der Waals surface area (Å²) in [6.45, 7) is 5.56. The number of carbonyl (C=O) groups is 4. The van der Waals surface area contributed by atoms with Gasteiger partial charge in [-0.25, -0.2) is 4.79 Å². The number of nitrogens with one attached hydrogen (secondary N) is 4. The molecule has 0 fully saturated rings.